The quantitative estimate of drug-likeness (QED) is 0.793. The van der Waals surface area contributed by atoms with Crippen LogP contribution < -0.4 is 10.2 Å². The molecule has 0 saturated heterocycles. The number of nitrogens with zero attached hydrogens (tertiary/aromatic N) is 2. The number of hydrogen-bond donors (Lipinski definition) is 1. The van der Waals surface area contributed by atoms with Crippen LogP contribution in [0.5, 0.6) is 0 Å². The molecule has 2 aromatic carbocycles. The lowest BCUT2D eigenvalue weighted by atomic mass is 10.3. The van der Waals surface area contributed by atoms with Crippen molar-refractivity contribution in [2.45, 2.75) is 0 Å². The summed E-state index contributed by atoms with van der Waals surface area (Å²) in [6.07, 6.45) is 0. The van der Waals surface area contributed by atoms with Gasteiger partial charge in [0, 0.05) is 18.8 Å². The lowest BCUT2D eigenvalue weighted by molar-refractivity contribution is -0.114. The Bertz CT molecular complexity index is 832. The van der Waals surface area contributed by atoms with Gasteiger partial charge in [-0.2, -0.15) is 0 Å². The zero-order valence-electron chi connectivity index (χ0n) is 12.2. The first-order valence-electron chi connectivity index (χ1n) is 6.84. The molecule has 3 rings (SSSR count). The van der Waals surface area contributed by atoms with Crippen LogP contribution in [0.4, 0.5) is 19.6 Å². The van der Waals surface area contributed by atoms with E-state index in [0.717, 1.165) is 22.3 Å². The first-order valence-corrected chi connectivity index (χ1v) is 7.66. The van der Waals surface area contributed by atoms with Gasteiger partial charge in [-0.3, -0.25) is 4.79 Å². The number of benzene rings is 2. The van der Waals surface area contributed by atoms with E-state index in [1.165, 1.54) is 17.4 Å². The highest BCUT2D eigenvalue weighted by atomic mass is 32.1. The number of rotatable bonds is 4. The molecule has 0 radical (unpaired) electrons. The largest absolute Gasteiger partial charge is 0.342 e. The van der Waals surface area contributed by atoms with E-state index in [0.29, 0.717) is 5.13 Å². The maximum Gasteiger partial charge on any atom is 0.243 e. The van der Waals surface area contributed by atoms with Gasteiger partial charge in [0.2, 0.25) is 5.91 Å². The Balaban J connectivity index is 1.67. The van der Waals surface area contributed by atoms with Crippen molar-refractivity contribution in [1.82, 2.24) is 4.98 Å². The number of para-hydroxylation sites is 1. The van der Waals surface area contributed by atoms with Gasteiger partial charge in [-0.05, 0) is 24.3 Å². The fourth-order valence-electron chi connectivity index (χ4n) is 2.08. The number of carbonyl (C=O) groups is 1. The van der Waals surface area contributed by atoms with Gasteiger partial charge >= 0.3 is 0 Å². The predicted molar refractivity (Wildman–Crippen MR) is 87.9 cm³/mol. The summed E-state index contributed by atoms with van der Waals surface area (Å²) in [7, 11) is 1.75. The molecule has 0 unspecified atom stereocenters. The molecule has 0 saturated carbocycles. The van der Waals surface area contributed by atoms with E-state index in [-0.39, 0.29) is 18.1 Å². The summed E-state index contributed by atoms with van der Waals surface area (Å²) < 4.78 is 27.0. The minimum Gasteiger partial charge on any atom is -0.342 e. The minimum atomic E-state index is -0.998. The van der Waals surface area contributed by atoms with Gasteiger partial charge in [0.1, 0.15) is 0 Å². The smallest absolute Gasteiger partial charge is 0.243 e. The molecule has 1 aromatic heterocycles. The van der Waals surface area contributed by atoms with Crippen LogP contribution in [0.25, 0.3) is 10.2 Å². The third-order valence-corrected chi connectivity index (χ3v) is 4.34. The fraction of sp³-hybridized carbons (Fsp3) is 0.125. The molecule has 1 N–H and O–H groups in total. The molecule has 0 aliphatic rings. The highest BCUT2D eigenvalue weighted by Crippen LogP contribution is 2.27. The average Bonchev–Trinajstić information content (AvgIpc) is 2.95. The summed E-state index contributed by atoms with van der Waals surface area (Å²) in [5.74, 6) is -2.28. The number of carbonyl (C=O) groups excluding carboxylic acids is 1. The van der Waals surface area contributed by atoms with Crippen LogP contribution in [0, 0.1) is 11.6 Å². The lowest BCUT2D eigenvalue weighted by Crippen LogP contribution is -2.30. The molecule has 7 heteroatoms. The van der Waals surface area contributed by atoms with Crippen LogP contribution in [0.15, 0.2) is 42.5 Å². The van der Waals surface area contributed by atoms with Crippen LogP contribution in [0.3, 0.4) is 0 Å². The van der Waals surface area contributed by atoms with Crippen molar-refractivity contribution in [2.75, 3.05) is 23.8 Å². The topological polar surface area (TPSA) is 45.2 Å². The minimum absolute atomic E-state index is 0.0544. The molecule has 0 aliphatic carbocycles. The van der Waals surface area contributed by atoms with Crippen molar-refractivity contribution in [3.8, 4) is 0 Å². The Kier molecular flexibility index (Phi) is 4.20. The second-order valence-electron chi connectivity index (χ2n) is 5.00. The molecule has 0 bridgehead atoms. The molecule has 4 nitrogen and oxygen atoms in total. The molecule has 0 fully saturated rings. The Morgan fingerprint density at radius 3 is 2.74 bits per heavy atom. The Morgan fingerprint density at radius 1 is 1.22 bits per heavy atom. The van der Waals surface area contributed by atoms with Crippen LogP contribution in [0.2, 0.25) is 0 Å². The SMILES string of the molecule is CN(CC(=O)Nc1ccc(F)c(F)c1)c1nc2ccccc2s1. The summed E-state index contributed by atoms with van der Waals surface area (Å²) >= 11 is 1.48. The van der Waals surface area contributed by atoms with E-state index in [9.17, 15) is 13.6 Å². The normalized spacial score (nSPS) is 10.7. The van der Waals surface area contributed by atoms with Gasteiger partial charge in [-0.1, -0.05) is 23.5 Å². The summed E-state index contributed by atoms with van der Waals surface area (Å²) in [6, 6.07) is 10.9. The highest BCUT2D eigenvalue weighted by Gasteiger charge is 2.13. The van der Waals surface area contributed by atoms with Crippen LogP contribution in [0.1, 0.15) is 0 Å². The third kappa shape index (κ3) is 3.45. The van der Waals surface area contributed by atoms with E-state index in [1.807, 2.05) is 24.3 Å². The van der Waals surface area contributed by atoms with E-state index >= 15 is 0 Å². The first-order chi connectivity index (χ1) is 11.0. The number of halogens is 2. The number of nitrogens with one attached hydrogen (secondary N) is 1. The maximum absolute atomic E-state index is 13.1. The first kappa shape index (κ1) is 15.4. The Labute approximate surface area is 135 Å². The Morgan fingerprint density at radius 2 is 2.00 bits per heavy atom. The molecule has 23 heavy (non-hydrogen) atoms. The monoisotopic (exact) mass is 333 g/mol. The van der Waals surface area contributed by atoms with Crippen molar-refractivity contribution in [2.24, 2.45) is 0 Å². The number of thiazole rings is 1. The predicted octanol–water partition coefficient (Wildman–Crippen LogP) is 3.65. The molecule has 0 atom stereocenters. The van der Waals surface area contributed by atoms with Crippen molar-refractivity contribution < 1.29 is 13.6 Å². The summed E-state index contributed by atoms with van der Waals surface area (Å²) in [5, 5.41) is 3.25. The van der Waals surface area contributed by atoms with Crippen LogP contribution in [-0.2, 0) is 4.79 Å². The molecule has 0 aliphatic heterocycles. The van der Waals surface area contributed by atoms with E-state index in [2.05, 4.69) is 10.3 Å². The molecule has 118 valence electrons. The third-order valence-electron chi connectivity index (χ3n) is 3.19. The van der Waals surface area contributed by atoms with Gasteiger partial charge in [-0.25, -0.2) is 13.8 Å². The molecule has 0 spiro atoms. The van der Waals surface area contributed by atoms with Crippen molar-refractivity contribution in [3.63, 3.8) is 0 Å². The second kappa shape index (κ2) is 6.29. The summed E-state index contributed by atoms with van der Waals surface area (Å²) in [5.41, 5.74) is 1.09. The van der Waals surface area contributed by atoms with Crippen LogP contribution >= 0.6 is 11.3 Å². The zero-order chi connectivity index (χ0) is 16.4. The van der Waals surface area contributed by atoms with Crippen molar-refractivity contribution in [3.05, 3.63) is 54.1 Å². The van der Waals surface area contributed by atoms with E-state index in [4.69, 9.17) is 0 Å². The van der Waals surface area contributed by atoms with Gasteiger partial charge in [0.15, 0.2) is 16.8 Å². The highest BCUT2D eigenvalue weighted by molar-refractivity contribution is 7.22. The van der Waals surface area contributed by atoms with Crippen LogP contribution in [-0.4, -0.2) is 24.5 Å². The molecule has 3 aromatic rings. The Hall–Kier alpha value is -2.54. The summed E-state index contributed by atoms with van der Waals surface area (Å²) in [6.45, 7) is 0.0544. The average molecular weight is 333 g/mol. The standard InChI is InChI=1S/C16H13F2N3OS/c1-21(16-20-13-4-2-3-5-14(13)23-16)9-15(22)19-10-6-7-11(17)12(18)8-10/h2-8H,9H2,1H3,(H,19,22). The molecule has 1 heterocycles. The van der Waals surface area contributed by atoms with Gasteiger partial charge in [0.25, 0.3) is 0 Å². The van der Waals surface area contributed by atoms with Gasteiger partial charge in [0.05, 0.1) is 16.8 Å². The molecular weight excluding hydrogens is 320 g/mol. The number of anilines is 2. The maximum atomic E-state index is 13.1. The van der Waals surface area contributed by atoms with Crippen molar-refractivity contribution >= 4 is 38.3 Å². The number of hydrogen-bond acceptors (Lipinski definition) is 4. The molecular formula is C16H13F2N3OS. The zero-order valence-corrected chi connectivity index (χ0v) is 13.0. The number of likely N-dealkylation sites (N-methyl/N-ethyl adjacent to an activating group) is 1. The van der Waals surface area contributed by atoms with E-state index in [1.54, 1.807) is 11.9 Å². The number of aromatic nitrogens is 1. The fourth-order valence-corrected chi connectivity index (χ4v) is 3.01. The summed E-state index contributed by atoms with van der Waals surface area (Å²) in [4.78, 5) is 18.2. The molecule has 1 amide bonds. The lowest BCUT2D eigenvalue weighted by Gasteiger charge is -2.15. The van der Waals surface area contributed by atoms with Gasteiger partial charge < -0.3 is 10.2 Å². The van der Waals surface area contributed by atoms with E-state index < -0.39 is 11.6 Å². The van der Waals surface area contributed by atoms with Gasteiger partial charge in [-0.15, -0.1) is 0 Å². The number of fused-ring (bicyclic) bond motifs is 1. The second-order valence-corrected chi connectivity index (χ2v) is 6.01. The van der Waals surface area contributed by atoms with Crippen molar-refractivity contribution in [1.29, 1.82) is 0 Å². The number of amides is 1.